The number of halogens is 1. The molecule has 19 heavy (non-hydrogen) atoms. The van der Waals surface area contributed by atoms with Crippen LogP contribution in [0.15, 0.2) is 28.7 Å². The molecular weight excluding hydrogens is 302 g/mol. The molecule has 1 N–H and O–H groups in total. The number of rotatable bonds is 5. The van der Waals surface area contributed by atoms with E-state index < -0.39 is 0 Å². The van der Waals surface area contributed by atoms with Gasteiger partial charge in [0.1, 0.15) is 0 Å². The first-order chi connectivity index (χ1) is 9.11. The molecule has 4 heteroatoms. The number of anilines is 1. The zero-order chi connectivity index (χ0) is 13.8. The third kappa shape index (κ3) is 3.38. The molecule has 102 valence electrons. The Hall–Kier alpha value is -1.29. The lowest BCUT2D eigenvalue weighted by Crippen LogP contribution is -2.04. The van der Waals surface area contributed by atoms with E-state index in [1.54, 1.807) is 0 Å². The van der Waals surface area contributed by atoms with Gasteiger partial charge in [0.25, 0.3) is 0 Å². The Kier molecular flexibility index (Phi) is 4.64. The normalized spacial score (nSPS) is 10.7. The molecule has 0 amide bonds. The molecule has 0 atom stereocenters. The first-order valence-corrected chi connectivity index (χ1v) is 7.43. The first-order valence-electron chi connectivity index (χ1n) is 6.64. The summed E-state index contributed by atoms with van der Waals surface area (Å²) in [5.41, 5.74) is 4.82. The summed E-state index contributed by atoms with van der Waals surface area (Å²) in [6.45, 7) is 8.22. The van der Waals surface area contributed by atoms with Gasteiger partial charge < -0.3 is 5.32 Å². The molecule has 1 aromatic heterocycles. The molecule has 0 fully saturated rings. The fourth-order valence-electron chi connectivity index (χ4n) is 2.18. The van der Waals surface area contributed by atoms with Crippen LogP contribution in [0.3, 0.4) is 0 Å². The zero-order valence-corrected chi connectivity index (χ0v) is 13.3. The van der Waals surface area contributed by atoms with Gasteiger partial charge in [-0.2, -0.15) is 5.10 Å². The Morgan fingerprint density at radius 1 is 1.21 bits per heavy atom. The fraction of sp³-hybridized carbons (Fsp3) is 0.400. The molecule has 0 radical (unpaired) electrons. The maximum Gasteiger partial charge on any atom is 0.0646 e. The van der Waals surface area contributed by atoms with Crippen LogP contribution in [-0.2, 0) is 13.1 Å². The van der Waals surface area contributed by atoms with Crippen molar-refractivity contribution in [3.8, 4) is 0 Å². The molecule has 0 bridgehead atoms. The van der Waals surface area contributed by atoms with E-state index in [0.717, 1.165) is 35.4 Å². The van der Waals surface area contributed by atoms with E-state index in [2.05, 4.69) is 63.9 Å². The average Bonchev–Trinajstić information content (AvgIpc) is 2.65. The monoisotopic (exact) mass is 321 g/mol. The molecule has 0 unspecified atom stereocenters. The predicted octanol–water partition coefficient (Wildman–Crippen LogP) is 4.28. The summed E-state index contributed by atoms with van der Waals surface area (Å²) in [5.74, 6) is 0. The van der Waals surface area contributed by atoms with Gasteiger partial charge in [0.15, 0.2) is 0 Å². The van der Waals surface area contributed by atoms with E-state index in [1.807, 2.05) is 12.1 Å². The Bertz CT molecular complexity index is 543. The predicted molar refractivity (Wildman–Crippen MR) is 83.5 cm³/mol. The standard InChI is InChI=1S/C15H20BrN3/c1-4-9-19-12(3)15(11(2)18-19)10-17-14-7-5-13(16)6-8-14/h5-8,17H,4,9-10H2,1-3H3. The van der Waals surface area contributed by atoms with E-state index in [0.29, 0.717) is 0 Å². The Morgan fingerprint density at radius 2 is 1.89 bits per heavy atom. The molecular formula is C15H20BrN3. The van der Waals surface area contributed by atoms with Crippen LogP contribution < -0.4 is 5.32 Å². The molecule has 0 aliphatic carbocycles. The highest BCUT2D eigenvalue weighted by Gasteiger charge is 2.10. The maximum absolute atomic E-state index is 4.60. The summed E-state index contributed by atoms with van der Waals surface area (Å²) in [6, 6.07) is 8.24. The van der Waals surface area contributed by atoms with Crippen molar-refractivity contribution in [2.75, 3.05) is 5.32 Å². The van der Waals surface area contributed by atoms with Crippen molar-refractivity contribution < 1.29 is 0 Å². The van der Waals surface area contributed by atoms with Crippen LogP contribution in [0, 0.1) is 13.8 Å². The van der Waals surface area contributed by atoms with Gasteiger partial charge in [-0.3, -0.25) is 4.68 Å². The molecule has 1 aromatic carbocycles. The van der Waals surface area contributed by atoms with Crippen LogP contribution in [0.25, 0.3) is 0 Å². The van der Waals surface area contributed by atoms with Crippen molar-refractivity contribution >= 4 is 21.6 Å². The van der Waals surface area contributed by atoms with Crippen LogP contribution in [-0.4, -0.2) is 9.78 Å². The molecule has 2 rings (SSSR count). The maximum atomic E-state index is 4.60. The Balaban J connectivity index is 2.09. The second kappa shape index (κ2) is 6.24. The number of aromatic nitrogens is 2. The van der Waals surface area contributed by atoms with Crippen molar-refractivity contribution in [1.29, 1.82) is 0 Å². The van der Waals surface area contributed by atoms with Gasteiger partial charge in [-0.05, 0) is 44.5 Å². The minimum absolute atomic E-state index is 0.822. The van der Waals surface area contributed by atoms with Crippen LogP contribution >= 0.6 is 15.9 Å². The van der Waals surface area contributed by atoms with Crippen molar-refractivity contribution in [1.82, 2.24) is 9.78 Å². The second-order valence-electron chi connectivity index (χ2n) is 4.73. The van der Waals surface area contributed by atoms with E-state index in [1.165, 1.54) is 11.3 Å². The van der Waals surface area contributed by atoms with Gasteiger partial charge in [-0.25, -0.2) is 0 Å². The highest BCUT2D eigenvalue weighted by Crippen LogP contribution is 2.18. The van der Waals surface area contributed by atoms with Crippen LogP contribution in [0.5, 0.6) is 0 Å². The SMILES string of the molecule is CCCn1nc(C)c(CNc2ccc(Br)cc2)c1C. The first kappa shape index (κ1) is 14.1. The summed E-state index contributed by atoms with van der Waals surface area (Å²) < 4.78 is 3.20. The fourth-order valence-corrected chi connectivity index (χ4v) is 2.44. The van der Waals surface area contributed by atoms with Gasteiger partial charge in [-0.1, -0.05) is 22.9 Å². The zero-order valence-electron chi connectivity index (χ0n) is 11.7. The van der Waals surface area contributed by atoms with Gasteiger partial charge in [-0.15, -0.1) is 0 Å². The second-order valence-corrected chi connectivity index (χ2v) is 5.65. The summed E-state index contributed by atoms with van der Waals surface area (Å²) in [7, 11) is 0. The summed E-state index contributed by atoms with van der Waals surface area (Å²) in [4.78, 5) is 0. The summed E-state index contributed by atoms with van der Waals surface area (Å²) in [6.07, 6.45) is 1.11. The molecule has 0 saturated carbocycles. The van der Waals surface area contributed by atoms with Gasteiger partial charge >= 0.3 is 0 Å². The van der Waals surface area contributed by atoms with Crippen LogP contribution in [0.1, 0.15) is 30.3 Å². The third-order valence-corrected chi connectivity index (χ3v) is 3.81. The minimum atomic E-state index is 0.822. The minimum Gasteiger partial charge on any atom is -0.381 e. The molecule has 2 aromatic rings. The third-order valence-electron chi connectivity index (χ3n) is 3.28. The lowest BCUT2D eigenvalue weighted by Gasteiger charge is -2.07. The van der Waals surface area contributed by atoms with Crippen LogP contribution in [0.4, 0.5) is 5.69 Å². The Morgan fingerprint density at radius 3 is 2.53 bits per heavy atom. The largest absolute Gasteiger partial charge is 0.381 e. The number of hydrogen-bond donors (Lipinski definition) is 1. The van der Waals surface area contributed by atoms with Gasteiger partial charge in [0.2, 0.25) is 0 Å². The number of benzene rings is 1. The molecule has 3 nitrogen and oxygen atoms in total. The van der Waals surface area contributed by atoms with E-state index in [4.69, 9.17) is 0 Å². The number of nitrogens with one attached hydrogen (secondary N) is 1. The van der Waals surface area contributed by atoms with Crippen molar-refractivity contribution in [2.24, 2.45) is 0 Å². The lowest BCUT2D eigenvalue weighted by molar-refractivity contribution is 0.582. The summed E-state index contributed by atoms with van der Waals surface area (Å²) in [5, 5.41) is 8.05. The van der Waals surface area contributed by atoms with Crippen LogP contribution in [0.2, 0.25) is 0 Å². The molecule has 0 aliphatic heterocycles. The lowest BCUT2D eigenvalue weighted by atomic mass is 10.2. The van der Waals surface area contributed by atoms with Gasteiger partial charge in [0, 0.05) is 34.5 Å². The highest BCUT2D eigenvalue weighted by atomic mass is 79.9. The van der Waals surface area contributed by atoms with E-state index in [9.17, 15) is 0 Å². The molecule has 0 aliphatic rings. The topological polar surface area (TPSA) is 29.9 Å². The summed E-state index contributed by atoms with van der Waals surface area (Å²) >= 11 is 3.44. The molecule has 0 spiro atoms. The number of hydrogen-bond acceptors (Lipinski definition) is 2. The Labute approximate surface area is 123 Å². The quantitative estimate of drug-likeness (QED) is 0.890. The van der Waals surface area contributed by atoms with E-state index in [-0.39, 0.29) is 0 Å². The molecule has 1 heterocycles. The number of nitrogens with zero attached hydrogens (tertiary/aromatic N) is 2. The van der Waals surface area contributed by atoms with Gasteiger partial charge in [0.05, 0.1) is 5.69 Å². The highest BCUT2D eigenvalue weighted by molar-refractivity contribution is 9.10. The van der Waals surface area contributed by atoms with Crippen molar-refractivity contribution in [2.45, 2.75) is 40.3 Å². The van der Waals surface area contributed by atoms with Crippen molar-refractivity contribution in [3.63, 3.8) is 0 Å². The molecule has 0 saturated heterocycles. The van der Waals surface area contributed by atoms with Crippen molar-refractivity contribution in [3.05, 3.63) is 45.7 Å². The number of aryl methyl sites for hydroxylation is 2. The van der Waals surface area contributed by atoms with E-state index >= 15 is 0 Å². The smallest absolute Gasteiger partial charge is 0.0646 e. The average molecular weight is 322 g/mol.